The molecule has 0 atom stereocenters. The second-order valence-electron chi connectivity index (χ2n) is 5.96. The van der Waals surface area contributed by atoms with Crippen LogP contribution in [0.25, 0.3) is 22.2 Å². The van der Waals surface area contributed by atoms with E-state index in [0.29, 0.717) is 16.6 Å². The highest BCUT2D eigenvalue weighted by Crippen LogP contribution is 2.39. The largest absolute Gasteiger partial charge is 0.354 e. The molecule has 0 unspecified atom stereocenters. The maximum absolute atomic E-state index is 13.4. The number of hydrogen-bond donors (Lipinski definition) is 2. The Kier molecular flexibility index (Phi) is 5.14. The number of nitrogens with two attached hydrogens (primary N) is 1. The Morgan fingerprint density at radius 1 is 1.08 bits per heavy atom. The summed E-state index contributed by atoms with van der Waals surface area (Å²) in [5.74, 6) is -0.348. The van der Waals surface area contributed by atoms with Gasteiger partial charge >= 0.3 is 0 Å². The number of aromatic nitrogens is 1. The molecule has 1 aromatic heterocycles. The minimum absolute atomic E-state index is 0.348. The summed E-state index contributed by atoms with van der Waals surface area (Å²) in [6.07, 6.45) is 2.73. The first kappa shape index (κ1) is 17.3. The van der Waals surface area contributed by atoms with Gasteiger partial charge in [0.1, 0.15) is 5.82 Å². The molecule has 0 spiro atoms. The van der Waals surface area contributed by atoms with Crippen LogP contribution in [-0.2, 0) is 6.42 Å². The Hall–Kier alpha value is -1.55. The molecule has 0 aliphatic heterocycles. The fourth-order valence-electron chi connectivity index (χ4n) is 3.08. The van der Waals surface area contributed by atoms with Gasteiger partial charge in [-0.2, -0.15) is 0 Å². The van der Waals surface area contributed by atoms with Gasteiger partial charge in [-0.3, -0.25) is 0 Å². The molecule has 126 valence electrons. The van der Waals surface area contributed by atoms with Crippen LogP contribution in [0, 0.1) is 12.7 Å². The van der Waals surface area contributed by atoms with E-state index >= 15 is 0 Å². The van der Waals surface area contributed by atoms with Crippen molar-refractivity contribution >= 4 is 34.1 Å². The van der Waals surface area contributed by atoms with Crippen molar-refractivity contribution in [3.05, 3.63) is 57.3 Å². The summed E-state index contributed by atoms with van der Waals surface area (Å²) in [6, 6.07) is 8.36. The third-order valence-electron chi connectivity index (χ3n) is 4.30. The van der Waals surface area contributed by atoms with Crippen molar-refractivity contribution in [2.24, 2.45) is 5.73 Å². The standard InChI is InChI=1S/C19H19Cl2FN2/c1-11-5-8-15(20)17-14(4-2-3-9-23)19(24-18(11)17)13-7-6-12(22)10-16(13)21/h5-8,10,24H,2-4,9,23H2,1H3. The lowest BCUT2D eigenvalue weighted by molar-refractivity contribution is 0.628. The summed E-state index contributed by atoms with van der Waals surface area (Å²) in [7, 11) is 0. The number of unbranched alkanes of at least 4 members (excludes halogenated alkanes) is 1. The third kappa shape index (κ3) is 3.16. The van der Waals surface area contributed by atoms with Gasteiger partial charge in [0.2, 0.25) is 0 Å². The van der Waals surface area contributed by atoms with Crippen molar-refractivity contribution in [2.45, 2.75) is 26.2 Å². The van der Waals surface area contributed by atoms with Gasteiger partial charge in [-0.25, -0.2) is 4.39 Å². The lowest BCUT2D eigenvalue weighted by atomic mass is 9.99. The van der Waals surface area contributed by atoms with Crippen LogP contribution in [0.5, 0.6) is 0 Å². The fraction of sp³-hybridized carbons (Fsp3) is 0.263. The summed E-state index contributed by atoms with van der Waals surface area (Å²) < 4.78 is 13.4. The number of aromatic amines is 1. The molecular formula is C19H19Cl2FN2. The molecule has 3 rings (SSSR count). The average molecular weight is 365 g/mol. The number of rotatable bonds is 5. The second-order valence-corrected chi connectivity index (χ2v) is 6.78. The zero-order valence-electron chi connectivity index (χ0n) is 13.4. The predicted octanol–water partition coefficient (Wildman–Crippen LogP) is 5.87. The summed E-state index contributed by atoms with van der Waals surface area (Å²) in [5, 5.41) is 2.11. The Morgan fingerprint density at radius 2 is 1.88 bits per heavy atom. The molecule has 2 aromatic carbocycles. The van der Waals surface area contributed by atoms with E-state index in [2.05, 4.69) is 4.98 Å². The molecular weight excluding hydrogens is 346 g/mol. The highest BCUT2D eigenvalue weighted by molar-refractivity contribution is 6.36. The maximum Gasteiger partial charge on any atom is 0.124 e. The third-order valence-corrected chi connectivity index (χ3v) is 4.93. The second kappa shape index (κ2) is 7.14. The van der Waals surface area contributed by atoms with Gasteiger partial charge in [-0.1, -0.05) is 29.3 Å². The molecule has 0 amide bonds. The highest BCUT2D eigenvalue weighted by atomic mass is 35.5. The molecule has 0 aliphatic rings. The number of nitrogens with one attached hydrogen (secondary N) is 1. The fourth-order valence-corrected chi connectivity index (χ4v) is 3.61. The lowest BCUT2D eigenvalue weighted by Gasteiger charge is -2.08. The monoisotopic (exact) mass is 364 g/mol. The van der Waals surface area contributed by atoms with Crippen molar-refractivity contribution in [3.63, 3.8) is 0 Å². The van der Waals surface area contributed by atoms with E-state index in [9.17, 15) is 4.39 Å². The van der Waals surface area contributed by atoms with Gasteiger partial charge in [0, 0.05) is 10.9 Å². The molecule has 0 aliphatic carbocycles. The van der Waals surface area contributed by atoms with E-state index in [1.165, 1.54) is 12.1 Å². The summed E-state index contributed by atoms with van der Waals surface area (Å²) >= 11 is 12.8. The number of benzene rings is 2. The zero-order valence-corrected chi connectivity index (χ0v) is 14.9. The van der Waals surface area contributed by atoms with E-state index in [0.717, 1.165) is 52.5 Å². The molecule has 0 fully saturated rings. The van der Waals surface area contributed by atoms with Crippen molar-refractivity contribution < 1.29 is 4.39 Å². The topological polar surface area (TPSA) is 41.8 Å². The van der Waals surface area contributed by atoms with Crippen molar-refractivity contribution in [2.75, 3.05) is 6.54 Å². The van der Waals surface area contributed by atoms with Crippen LogP contribution in [0.4, 0.5) is 4.39 Å². The first-order chi connectivity index (χ1) is 11.5. The Morgan fingerprint density at radius 3 is 2.58 bits per heavy atom. The Labute approximate surface area is 150 Å². The minimum atomic E-state index is -0.348. The summed E-state index contributed by atoms with van der Waals surface area (Å²) in [6.45, 7) is 2.69. The van der Waals surface area contributed by atoms with E-state index in [-0.39, 0.29) is 5.82 Å². The van der Waals surface area contributed by atoms with Crippen molar-refractivity contribution in [1.82, 2.24) is 4.98 Å². The van der Waals surface area contributed by atoms with E-state index in [1.807, 2.05) is 19.1 Å². The van der Waals surface area contributed by atoms with E-state index in [4.69, 9.17) is 28.9 Å². The maximum atomic E-state index is 13.4. The van der Waals surface area contributed by atoms with Gasteiger partial charge in [-0.15, -0.1) is 0 Å². The highest BCUT2D eigenvalue weighted by Gasteiger charge is 2.18. The number of hydrogen-bond acceptors (Lipinski definition) is 1. The number of H-pyrrole nitrogens is 1. The van der Waals surface area contributed by atoms with Gasteiger partial charge in [0.25, 0.3) is 0 Å². The molecule has 24 heavy (non-hydrogen) atoms. The van der Waals surface area contributed by atoms with Crippen LogP contribution in [0.1, 0.15) is 24.0 Å². The Balaban J connectivity index is 2.24. The molecule has 0 saturated heterocycles. The molecule has 0 radical (unpaired) electrons. The smallest absolute Gasteiger partial charge is 0.124 e. The van der Waals surface area contributed by atoms with Crippen LogP contribution in [0.2, 0.25) is 10.0 Å². The van der Waals surface area contributed by atoms with E-state index < -0.39 is 0 Å². The molecule has 0 saturated carbocycles. The van der Waals surface area contributed by atoms with Crippen LogP contribution in [0.3, 0.4) is 0 Å². The minimum Gasteiger partial charge on any atom is -0.354 e. The molecule has 1 heterocycles. The predicted molar refractivity (Wildman–Crippen MR) is 100 cm³/mol. The average Bonchev–Trinajstić information content (AvgIpc) is 2.92. The molecule has 2 nitrogen and oxygen atoms in total. The molecule has 0 bridgehead atoms. The van der Waals surface area contributed by atoms with Gasteiger partial charge in [0.15, 0.2) is 0 Å². The normalized spacial score (nSPS) is 11.4. The lowest BCUT2D eigenvalue weighted by Crippen LogP contribution is -1.99. The number of aryl methyl sites for hydroxylation is 2. The van der Waals surface area contributed by atoms with E-state index in [1.54, 1.807) is 6.07 Å². The van der Waals surface area contributed by atoms with Gasteiger partial charge in [0.05, 0.1) is 21.3 Å². The van der Waals surface area contributed by atoms with Crippen LogP contribution < -0.4 is 5.73 Å². The van der Waals surface area contributed by atoms with Crippen LogP contribution in [0.15, 0.2) is 30.3 Å². The Bertz CT molecular complexity index is 887. The van der Waals surface area contributed by atoms with Crippen molar-refractivity contribution in [3.8, 4) is 11.3 Å². The summed E-state index contributed by atoms with van der Waals surface area (Å²) in [4.78, 5) is 3.45. The van der Waals surface area contributed by atoms with Gasteiger partial charge < -0.3 is 10.7 Å². The van der Waals surface area contributed by atoms with Gasteiger partial charge in [-0.05, 0) is 68.1 Å². The van der Waals surface area contributed by atoms with Crippen molar-refractivity contribution in [1.29, 1.82) is 0 Å². The zero-order chi connectivity index (χ0) is 17.3. The van der Waals surface area contributed by atoms with Crippen LogP contribution in [-0.4, -0.2) is 11.5 Å². The quantitative estimate of drug-likeness (QED) is 0.546. The molecule has 5 heteroatoms. The van der Waals surface area contributed by atoms with Crippen LogP contribution >= 0.6 is 23.2 Å². The molecule has 3 N–H and O–H groups in total. The molecule has 3 aromatic rings. The first-order valence-electron chi connectivity index (χ1n) is 7.98. The SMILES string of the molecule is Cc1ccc(Cl)c2c(CCCCN)c(-c3ccc(F)cc3Cl)[nH]c12. The first-order valence-corrected chi connectivity index (χ1v) is 8.73. The number of fused-ring (bicyclic) bond motifs is 1. The number of halogens is 3. The summed E-state index contributed by atoms with van der Waals surface area (Å²) in [5.41, 5.74) is 10.5.